The summed E-state index contributed by atoms with van der Waals surface area (Å²) in [5, 5.41) is 0. The van der Waals surface area contributed by atoms with Crippen molar-refractivity contribution >= 4 is 5.97 Å². The Morgan fingerprint density at radius 2 is 1.75 bits per heavy atom. The third-order valence-corrected chi connectivity index (χ3v) is 2.32. The summed E-state index contributed by atoms with van der Waals surface area (Å²) in [6.07, 6.45) is 1.45. The summed E-state index contributed by atoms with van der Waals surface area (Å²) in [5.74, 6) is 0.509. The van der Waals surface area contributed by atoms with Crippen LogP contribution in [0.25, 0.3) is 0 Å². The first-order chi connectivity index (χ1) is 7.61. The van der Waals surface area contributed by atoms with Crippen LogP contribution in [0.15, 0.2) is 24.3 Å². The first-order valence-electron chi connectivity index (χ1n) is 5.85. The van der Waals surface area contributed by atoms with Gasteiger partial charge >= 0.3 is 5.97 Å². The first kappa shape index (κ1) is 12.8. The van der Waals surface area contributed by atoms with E-state index in [0.717, 1.165) is 12.0 Å². The van der Waals surface area contributed by atoms with Crippen LogP contribution in [0.1, 0.15) is 31.9 Å². The molecule has 0 N–H and O–H groups in total. The van der Waals surface area contributed by atoms with Crippen LogP contribution in [0.4, 0.5) is 0 Å². The molecular formula is C14H20O2. The van der Waals surface area contributed by atoms with E-state index in [-0.39, 0.29) is 5.97 Å². The van der Waals surface area contributed by atoms with Crippen molar-refractivity contribution in [2.45, 2.75) is 33.6 Å². The molecule has 88 valence electrons. The molecule has 0 aromatic heterocycles. The van der Waals surface area contributed by atoms with Gasteiger partial charge in [-0.15, -0.1) is 0 Å². The molecule has 0 amide bonds. The maximum atomic E-state index is 11.3. The van der Waals surface area contributed by atoms with Crippen molar-refractivity contribution in [3.8, 4) is 0 Å². The lowest BCUT2D eigenvalue weighted by atomic mass is 10.0. The number of carbonyl (C=O) groups excluding carboxylic acids is 1. The van der Waals surface area contributed by atoms with Crippen molar-refractivity contribution in [3.63, 3.8) is 0 Å². The molecule has 0 unspecified atom stereocenters. The van der Waals surface area contributed by atoms with E-state index in [0.29, 0.717) is 18.9 Å². The largest absolute Gasteiger partial charge is 0.466 e. The Labute approximate surface area is 97.6 Å². The minimum atomic E-state index is -0.154. The average molecular weight is 220 g/mol. The van der Waals surface area contributed by atoms with Crippen LogP contribution < -0.4 is 0 Å². The Morgan fingerprint density at radius 1 is 1.19 bits per heavy atom. The van der Waals surface area contributed by atoms with Crippen LogP contribution in [-0.2, 0) is 22.4 Å². The zero-order valence-electron chi connectivity index (χ0n) is 10.3. The summed E-state index contributed by atoms with van der Waals surface area (Å²) in [7, 11) is 0. The van der Waals surface area contributed by atoms with E-state index in [1.807, 2.05) is 19.1 Å². The third kappa shape index (κ3) is 4.47. The lowest BCUT2D eigenvalue weighted by molar-refractivity contribution is -0.142. The molecule has 0 bridgehead atoms. The number of hydrogen-bond donors (Lipinski definition) is 0. The molecule has 16 heavy (non-hydrogen) atoms. The highest BCUT2D eigenvalue weighted by atomic mass is 16.5. The van der Waals surface area contributed by atoms with Gasteiger partial charge in [0.05, 0.1) is 13.0 Å². The van der Waals surface area contributed by atoms with Gasteiger partial charge in [-0.05, 0) is 30.4 Å². The number of hydrogen-bond acceptors (Lipinski definition) is 2. The standard InChI is InChI=1S/C14H20O2/c1-4-16-14(15)10-13-7-5-12(6-8-13)9-11(2)3/h5-8,11H,4,9-10H2,1-3H3. The molecule has 0 aliphatic rings. The molecule has 0 spiro atoms. The first-order valence-corrected chi connectivity index (χ1v) is 5.85. The van der Waals surface area contributed by atoms with Crippen molar-refractivity contribution < 1.29 is 9.53 Å². The number of esters is 1. The van der Waals surface area contributed by atoms with Gasteiger partial charge in [0.15, 0.2) is 0 Å². The lowest BCUT2D eigenvalue weighted by Gasteiger charge is -2.06. The van der Waals surface area contributed by atoms with Gasteiger partial charge in [0.2, 0.25) is 0 Å². The third-order valence-electron chi connectivity index (χ3n) is 2.32. The van der Waals surface area contributed by atoms with E-state index in [1.54, 1.807) is 0 Å². The summed E-state index contributed by atoms with van der Waals surface area (Å²) in [6.45, 7) is 6.67. The highest BCUT2D eigenvalue weighted by Crippen LogP contribution is 2.10. The van der Waals surface area contributed by atoms with Crippen LogP contribution in [0.5, 0.6) is 0 Å². The second-order valence-electron chi connectivity index (χ2n) is 4.40. The predicted molar refractivity (Wildman–Crippen MR) is 65.3 cm³/mol. The molecular weight excluding hydrogens is 200 g/mol. The van der Waals surface area contributed by atoms with Crippen LogP contribution in [0.3, 0.4) is 0 Å². The molecule has 2 heteroatoms. The Kier molecular flexibility index (Phi) is 5.03. The van der Waals surface area contributed by atoms with Crippen molar-refractivity contribution in [2.24, 2.45) is 5.92 Å². The van der Waals surface area contributed by atoms with E-state index in [9.17, 15) is 4.79 Å². The SMILES string of the molecule is CCOC(=O)Cc1ccc(CC(C)C)cc1. The lowest BCUT2D eigenvalue weighted by Crippen LogP contribution is -2.07. The molecule has 1 aromatic carbocycles. The second kappa shape index (κ2) is 6.31. The number of carbonyl (C=O) groups is 1. The minimum Gasteiger partial charge on any atom is -0.466 e. The monoisotopic (exact) mass is 220 g/mol. The van der Waals surface area contributed by atoms with Gasteiger partial charge in [-0.2, -0.15) is 0 Å². The molecule has 0 aliphatic carbocycles. The van der Waals surface area contributed by atoms with Gasteiger partial charge in [0, 0.05) is 0 Å². The highest BCUT2D eigenvalue weighted by molar-refractivity contribution is 5.72. The minimum absolute atomic E-state index is 0.154. The zero-order valence-corrected chi connectivity index (χ0v) is 10.3. The van der Waals surface area contributed by atoms with Crippen LogP contribution in [0.2, 0.25) is 0 Å². The number of ether oxygens (including phenoxy) is 1. The van der Waals surface area contributed by atoms with Crippen molar-refractivity contribution in [3.05, 3.63) is 35.4 Å². The Morgan fingerprint density at radius 3 is 2.25 bits per heavy atom. The van der Waals surface area contributed by atoms with Crippen LogP contribution >= 0.6 is 0 Å². The smallest absolute Gasteiger partial charge is 0.310 e. The summed E-state index contributed by atoms with van der Waals surface area (Å²) in [4.78, 5) is 11.3. The van der Waals surface area contributed by atoms with Crippen LogP contribution in [-0.4, -0.2) is 12.6 Å². The molecule has 0 radical (unpaired) electrons. The summed E-state index contributed by atoms with van der Waals surface area (Å²) in [6, 6.07) is 8.20. The average Bonchev–Trinajstić information content (AvgIpc) is 2.20. The van der Waals surface area contributed by atoms with E-state index in [4.69, 9.17) is 4.74 Å². The summed E-state index contributed by atoms with van der Waals surface area (Å²) < 4.78 is 4.90. The topological polar surface area (TPSA) is 26.3 Å². The Hall–Kier alpha value is -1.31. The van der Waals surface area contributed by atoms with E-state index in [1.165, 1.54) is 5.56 Å². The molecule has 0 saturated carbocycles. The molecule has 0 aliphatic heterocycles. The maximum Gasteiger partial charge on any atom is 0.310 e. The number of rotatable bonds is 5. The van der Waals surface area contributed by atoms with Gasteiger partial charge in [0.25, 0.3) is 0 Å². The highest BCUT2D eigenvalue weighted by Gasteiger charge is 2.04. The second-order valence-corrected chi connectivity index (χ2v) is 4.40. The van der Waals surface area contributed by atoms with Crippen molar-refractivity contribution in [2.75, 3.05) is 6.61 Å². The van der Waals surface area contributed by atoms with Gasteiger partial charge in [-0.3, -0.25) is 4.79 Å². The van der Waals surface area contributed by atoms with E-state index >= 15 is 0 Å². The van der Waals surface area contributed by atoms with Gasteiger partial charge in [-0.25, -0.2) is 0 Å². The van der Waals surface area contributed by atoms with Gasteiger partial charge in [-0.1, -0.05) is 38.1 Å². The Balaban J connectivity index is 2.54. The molecule has 1 aromatic rings. The molecule has 0 fully saturated rings. The fourth-order valence-electron chi connectivity index (χ4n) is 1.64. The van der Waals surface area contributed by atoms with Crippen molar-refractivity contribution in [1.82, 2.24) is 0 Å². The molecule has 0 saturated heterocycles. The maximum absolute atomic E-state index is 11.3. The van der Waals surface area contributed by atoms with Gasteiger partial charge < -0.3 is 4.74 Å². The fraction of sp³-hybridized carbons (Fsp3) is 0.500. The summed E-state index contributed by atoms with van der Waals surface area (Å²) in [5.41, 5.74) is 2.34. The number of benzene rings is 1. The quantitative estimate of drug-likeness (QED) is 0.713. The Bertz CT molecular complexity index is 325. The predicted octanol–water partition coefficient (Wildman–Crippen LogP) is 2.99. The summed E-state index contributed by atoms with van der Waals surface area (Å²) >= 11 is 0. The molecule has 1 rings (SSSR count). The van der Waals surface area contributed by atoms with Crippen LogP contribution in [0, 0.1) is 5.92 Å². The molecule has 0 atom stereocenters. The van der Waals surface area contributed by atoms with E-state index in [2.05, 4.69) is 26.0 Å². The van der Waals surface area contributed by atoms with Gasteiger partial charge in [0.1, 0.15) is 0 Å². The molecule has 2 nitrogen and oxygen atoms in total. The fourth-order valence-corrected chi connectivity index (χ4v) is 1.64. The zero-order chi connectivity index (χ0) is 12.0. The van der Waals surface area contributed by atoms with E-state index < -0.39 is 0 Å². The normalized spacial score (nSPS) is 10.5. The van der Waals surface area contributed by atoms with Crippen molar-refractivity contribution in [1.29, 1.82) is 0 Å². The molecule has 0 heterocycles.